The van der Waals surface area contributed by atoms with Crippen molar-refractivity contribution in [1.82, 2.24) is 20.3 Å². The molecule has 0 bridgehead atoms. The van der Waals surface area contributed by atoms with E-state index in [0.717, 1.165) is 41.1 Å². The molecule has 106 valence electrons. The molecule has 0 aromatic carbocycles. The summed E-state index contributed by atoms with van der Waals surface area (Å²) in [5, 5.41) is 9.71. The van der Waals surface area contributed by atoms with E-state index in [-0.39, 0.29) is 0 Å². The van der Waals surface area contributed by atoms with Gasteiger partial charge in [0.1, 0.15) is 11.6 Å². The summed E-state index contributed by atoms with van der Waals surface area (Å²) in [7, 11) is 0. The lowest BCUT2D eigenvalue weighted by Gasteiger charge is -2.23. The molecule has 3 heterocycles. The Labute approximate surface area is 122 Å². The molecular formula is C14H19N5S. The number of rotatable bonds is 3. The van der Waals surface area contributed by atoms with Gasteiger partial charge in [0, 0.05) is 17.5 Å². The zero-order valence-electron chi connectivity index (χ0n) is 11.8. The molecule has 0 saturated carbocycles. The van der Waals surface area contributed by atoms with Gasteiger partial charge in [0.25, 0.3) is 0 Å². The van der Waals surface area contributed by atoms with Gasteiger partial charge in [-0.3, -0.25) is 0 Å². The van der Waals surface area contributed by atoms with Crippen LogP contribution < -0.4 is 10.6 Å². The molecule has 2 N–H and O–H groups in total. The molecule has 0 amide bonds. The molecule has 20 heavy (non-hydrogen) atoms. The van der Waals surface area contributed by atoms with Gasteiger partial charge < -0.3 is 10.6 Å². The molecule has 1 unspecified atom stereocenters. The molecule has 1 aliphatic rings. The minimum absolute atomic E-state index is 0.351. The molecule has 0 radical (unpaired) electrons. The molecule has 1 saturated heterocycles. The lowest BCUT2D eigenvalue weighted by molar-refractivity contribution is 0.404. The SMILES string of the molecule is Cc1csc(Nc2cc(C3CCCCN3)nc(C)n2)n1. The Morgan fingerprint density at radius 1 is 1.25 bits per heavy atom. The number of aryl methyl sites for hydroxylation is 2. The zero-order valence-corrected chi connectivity index (χ0v) is 12.6. The molecule has 1 fully saturated rings. The van der Waals surface area contributed by atoms with Crippen LogP contribution in [0.2, 0.25) is 0 Å². The van der Waals surface area contributed by atoms with Gasteiger partial charge >= 0.3 is 0 Å². The molecule has 0 aliphatic carbocycles. The summed E-state index contributed by atoms with van der Waals surface area (Å²) in [6.07, 6.45) is 3.66. The molecule has 0 spiro atoms. The van der Waals surface area contributed by atoms with Crippen LogP contribution in [0.1, 0.15) is 42.5 Å². The third-order valence-corrected chi connectivity index (χ3v) is 4.25. The van der Waals surface area contributed by atoms with E-state index in [1.54, 1.807) is 11.3 Å². The van der Waals surface area contributed by atoms with Crippen molar-refractivity contribution in [3.05, 3.63) is 28.7 Å². The topological polar surface area (TPSA) is 62.7 Å². The number of hydrogen-bond donors (Lipinski definition) is 2. The van der Waals surface area contributed by atoms with Crippen LogP contribution in [0.4, 0.5) is 10.9 Å². The number of anilines is 2. The van der Waals surface area contributed by atoms with Crippen LogP contribution in [0.15, 0.2) is 11.4 Å². The molecule has 3 rings (SSSR count). The highest BCUT2D eigenvalue weighted by molar-refractivity contribution is 7.13. The van der Waals surface area contributed by atoms with Crippen LogP contribution in [0.3, 0.4) is 0 Å². The lowest BCUT2D eigenvalue weighted by Crippen LogP contribution is -2.27. The first-order chi connectivity index (χ1) is 9.70. The second-order valence-corrected chi connectivity index (χ2v) is 6.00. The number of nitrogens with zero attached hydrogens (tertiary/aromatic N) is 3. The third-order valence-electron chi connectivity index (χ3n) is 3.38. The smallest absolute Gasteiger partial charge is 0.188 e. The minimum Gasteiger partial charge on any atom is -0.316 e. The van der Waals surface area contributed by atoms with Crippen LogP contribution in [0.5, 0.6) is 0 Å². The fourth-order valence-electron chi connectivity index (χ4n) is 2.46. The first-order valence-electron chi connectivity index (χ1n) is 6.99. The Kier molecular flexibility index (Phi) is 3.93. The van der Waals surface area contributed by atoms with E-state index < -0.39 is 0 Å². The summed E-state index contributed by atoms with van der Waals surface area (Å²) >= 11 is 1.59. The fraction of sp³-hybridized carbons (Fsp3) is 0.500. The van der Waals surface area contributed by atoms with Crippen molar-refractivity contribution in [3.8, 4) is 0 Å². The molecule has 2 aromatic heterocycles. The van der Waals surface area contributed by atoms with E-state index in [2.05, 4.69) is 25.6 Å². The van der Waals surface area contributed by atoms with Crippen molar-refractivity contribution >= 4 is 22.3 Å². The van der Waals surface area contributed by atoms with Gasteiger partial charge in [-0.05, 0) is 33.2 Å². The van der Waals surface area contributed by atoms with Crippen molar-refractivity contribution < 1.29 is 0 Å². The Hall–Kier alpha value is -1.53. The summed E-state index contributed by atoms with van der Waals surface area (Å²) in [5.41, 5.74) is 2.10. The highest BCUT2D eigenvalue weighted by atomic mass is 32.1. The van der Waals surface area contributed by atoms with Gasteiger partial charge in [0.05, 0.1) is 11.4 Å². The number of nitrogens with one attached hydrogen (secondary N) is 2. The van der Waals surface area contributed by atoms with Crippen LogP contribution >= 0.6 is 11.3 Å². The van der Waals surface area contributed by atoms with Crippen LogP contribution in [0, 0.1) is 13.8 Å². The van der Waals surface area contributed by atoms with Crippen molar-refractivity contribution in [2.24, 2.45) is 0 Å². The van der Waals surface area contributed by atoms with E-state index in [9.17, 15) is 0 Å². The standard InChI is InChI=1S/C14H19N5S/c1-9-8-20-14(16-9)19-13-7-12(17-10(2)18-13)11-5-3-4-6-15-11/h7-8,11,15H,3-6H2,1-2H3,(H,16,17,18,19). The number of hydrogen-bond acceptors (Lipinski definition) is 6. The predicted octanol–water partition coefficient (Wildman–Crippen LogP) is 3.11. The molecule has 1 aliphatic heterocycles. The maximum atomic E-state index is 4.57. The average molecular weight is 289 g/mol. The summed E-state index contributed by atoms with van der Waals surface area (Å²) in [5.74, 6) is 1.62. The Morgan fingerprint density at radius 2 is 2.15 bits per heavy atom. The van der Waals surface area contributed by atoms with Gasteiger partial charge in [-0.15, -0.1) is 11.3 Å². The molecule has 6 heteroatoms. The van der Waals surface area contributed by atoms with Crippen molar-refractivity contribution in [2.45, 2.75) is 39.2 Å². The largest absolute Gasteiger partial charge is 0.316 e. The first-order valence-corrected chi connectivity index (χ1v) is 7.87. The van der Waals surface area contributed by atoms with Crippen LogP contribution in [-0.4, -0.2) is 21.5 Å². The van der Waals surface area contributed by atoms with E-state index in [4.69, 9.17) is 0 Å². The summed E-state index contributed by atoms with van der Waals surface area (Å²) in [6.45, 7) is 5.00. The average Bonchev–Trinajstić information content (AvgIpc) is 2.84. The number of aromatic nitrogens is 3. The second kappa shape index (κ2) is 5.85. The van der Waals surface area contributed by atoms with E-state index in [1.807, 2.05) is 25.3 Å². The van der Waals surface area contributed by atoms with Gasteiger partial charge in [-0.1, -0.05) is 6.42 Å². The fourth-order valence-corrected chi connectivity index (χ4v) is 3.15. The maximum Gasteiger partial charge on any atom is 0.188 e. The second-order valence-electron chi connectivity index (χ2n) is 5.15. The normalized spacial score (nSPS) is 19.0. The number of piperidine rings is 1. The summed E-state index contributed by atoms with van der Waals surface area (Å²) in [6, 6.07) is 2.39. The molecule has 2 aromatic rings. The van der Waals surface area contributed by atoms with Crippen molar-refractivity contribution in [2.75, 3.05) is 11.9 Å². The zero-order chi connectivity index (χ0) is 13.9. The van der Waals surface area contributed by atoms with Gasteiger partial charge in [-0.2, -0.15) is 0 Å². The van der Waals surface area contributed by atoms with Crippen molar-refractivity contribution in [3.63, 3.8) is 0 Å². The van der Waals surface area contributed by atoms with Crippen LogP contribution in [-0.2, 0) is 0 Å². The monoisotopic (exact) mass is 289 g/mol. The minimum atomic E-state index is 0.351. The highest BCUT2D eigenvalue weighted by Crippen LogP contribution is 2.25. The molecular weight excluding hydrogens is 270 g/mol. The number of thiazole rings is 1. The first kappa shape index (κ1) is 13.5. The van der Waals surface area contributed by atoms with E-state index in [1.165, 1.54) is 12.8 Å². The van der Waals surface area contributed by atoms with Gasteiger partial charge in [0.15, 0.2) is 5.13 Å². The lowest BCUT2D eigenvalue weighted by atomic mass is 10.0. The Bertz CT molecular complexity index is 589. The van der Waals surface area contributed by atoms with Gasteiger partial charge in [-0.25, -0.2) is 15.0 Å². The molecule has 5 nitrogen and oxygen atoms in total. The summed E-state index contributed by atoms with van der Waals surface area (Å²) < 4.78 is 0. The van der Waals surface area contributed by atoms with Crippen molar-refractivity contribution in [1.29, 1.82) is 0 Å². The Morgan fingerprint density at radius 3 is 2.85 bits per heavy atom. The molecule has 1 atom stereocenters. The van der Waals surface area contributed by atoms with E-state index >= 15 is 0 Å². The van der Waals surface area contributed by atoms with Crippen LogP contribution in [0.25, 0.3) is 0 Å². The predicted molar refractivity (Wildman–Crippen MR) is 81.5 cm³/mol. The Balaban J connectivity index is 1.82. The van der Waals surface area contributed by atoms with E-state index in [0.29, 0.717) is 6.04 Å². The third kappa shape index (κ3) is 3.13. The highest BCUT2D eigenvalue weighted by Gasteiger charge is 2.17. The summed E-state index contributed by atoms with van der Waals surface area (Å²) in [4.78, 5) is 13.4. The van der Waals surface area contributed by atoms with Gasteiger partial charge in [0.2, 0.25) is 0 Å². The maximum absolute atomic E-state index is 4.57. The quantitative estimate of drug-likeness (QED) is 0.909.